The zero-order valence-electron chi connectivity index (χ0n) is 7.52. The molecule has 0 aliphatic rings. The summed E-state index contributed by atoms with van der Waals surface area (Å²) in [4.78, 5) is 0. The van der Waals surface area contributed by atoms with E-state index in [1.54, 1.807) is 0 Å². The maximum atomic E-state index is 6.76. The third-order valence-electron chi connectivity index (χ3n) is 1.93. The van der Waals surface area contributed by atoms with E-state index in [1.165, 1.54) is 5.56 Å². The first-order valence-electron chi connectivity index (χ1n) is 4.47. The van der Waals surface area contributed by atoms with Crippen molar-refractivity contribution in [1.29, 1.82) is 0 Å². The molecule has 0 N–H and O–H groups in total. The van der Waals surface area contributed by atoms with Crippen molar-refractivity contribution in [3.63, 3.8) is 0 Å². The largest absolute Gasteiger partial charge is 0.0891 e. The molecular weight excluding hydrogens is 224 g/mol. The highest BCUT2D eigenvalue weighted by atomic mass is 79.9. The molecule has 0 heterocycles. The van der Waals surface area contributed by atoms with E-state index in [0.29, 0.717) is 0 Å². The van der Waals surface area contributed by atoms with Crippen molar-refractivity contribution >= 4 is 15.9 Å². The van der Waals surface area contributed by atoms with Gasteiger partial charge in [-0.2, -0.15) is 0 Å². The van der Waals surface area contributed by atoms with E-state index >= 15 is 0 Å². The molecule has 0 spiro atoms. The van der Waals surface area contributed by atoms with Gasteiger partial charge in [-0.05, 0) is 43.4 Å². The van der Waals surface area contributed by atoms with Gasteiger partial charge < -0.3 is 0 Å². The smallest absolute Gasteiger partial charge is 0.0175 e. The quantitative estimate of drug-likeness (QED) is 0.551. The van der Waals surface area contributed by atoms with E-state index in [0.717, 1.165) is 30.2 Å². The Morgan fingerprint density at radius 1 is 1.15 bits per heavy atom. The van der Waals surface area contributed by atoms with Crippen molar-refractivity contribution in [2.24, 2.45) is 0 Å². The van der Waals surface area contributed by atoms with Crippen molar-refractivity contribution in [1.82, 2.24) is 0 Å². The number of benzene rings is 1. The summed E-state index contributed by atoms with van der Waals surface area (Å²) in [5.41, 5.74) is 1.37. The number of unbranched alkanes of at least 4 members (excludes halogenated alkanes) is 2. The van der Waals surface area contributed by atoms with Gasteiger partial charge in [0.05, 0.1) is 0 Å². The van der Waals surface area contributed by atoms with Crippen LogP contribution in [0.2, 0.25) is 0 Å². The predicted octanol–water partition coefficient (Wildman–Crippen LogP) is 3.75. The molecule has 1 aromatic rings. The molecule has 1 radical (unpaired) electrons. The highest BCUT2D eigenvalue weighted by Gasteiger charge is 1.92. The molecule has 0 saturated heterocycles. The van der Waals surface area contributed by atoms with Crippen LogP contribution in [-0.4, -0.2) is 0 Å². The fraction of sp³-hybridized carbons (Fsp3) is 0.333. The number of rotatable bonds is 4. The van der Waals surface area contributed by atoms with Crippen molar-refractivity contribution < 1.29 is 0 Å². The second kappa shape index (κ2) is 5.83. The zero-order chi connectivity index (χ0) is 9.52. The van der Waals surface area contributed by atoms with Crippen LogP contribution in [0.25, 0.3) is 0 Å². The average Bonchev–Trinajstić information content (AvgIpc) is 2.15. The molecule has 1 rings (SSSR count). The van der Waals surface area contributed by atoms with Gasteiger partial charge in [0, 0.05) is 10.9 Å². The van der Waals surface area contributed by atoms with Crippen LogP contribution in [0.4, 0.5) is 0 Å². The second-order valence-electron chi connectivity index (χ2n) is 3.01. The third kappa shape index (κ3) is 4.15. The number of hydrogen-bond donors (Lipinski definition) is 0. The lowest BCUT2D eigenvalue weighted by Gasteiger charge is -1.99. The second-order valence-corrected chi connectivity index (χ2v) is 3.93. The van der Waals surface area contributed by atoms with Gasteiger partial charge in [0.2, 0.25) is 0 Å². The van der Waals surface area contributed by atoms with Crippen LogP contribution in [0, 0.1) is 12.3 Å². The van der Waals surface area contributed by atoms with Crippen molar-refractivity contribution in [2.45, 2.75) is 25.7 Å². The molecule has 0 unspecified atom stereocenters. The molecule has 1 aromatic carbocycles. The normalized spacial score (nSPS) is 9.54. The first-order valence-corrected chi connectivity index (χ1v) is 5.26. The Bertz CT molecular complexity index is 279. The molecule has 0 aliphatic heterocycles. The van der Waals surface area contributed by atoms with Crippen LogP contribution in [0.15, 0.2) is 28.7 Å². The number of halogens is 1. The van der Waals surface area contributed by atoms with E-state index in [4.69, 9.17) is 6.42 Å². The Hall–Kier alpha value is -0.740. The van der Waals surface area contributed by atoms with Crippen LogP contribution in [-0.2, 0) is 6.42 Å². The van der Waals surface area contributed by atoms with Gasteiger partial charge in [0.25, 0.3) is 0 Å². The molecule has 0 amide bonds. The fourth-order valence-corrected chi connectivity index (χ4v) is 1.46. The topological polar surface area (TPSA) is 0 Å². The minimum atomic E-state index is 0.788. The minimum Gasteiger partial charge on any atom is -0.0891 e. The summed E-state index contributed by atoms with van der Waals surface area (Å²) in [5.74, 6) is 2.41. The van der Waals surface area contributed by atoms with Gasteiger partial charge in [0.1, 0.15) is 0 Å². The lowest BCUT2D eigenvalue weighted by atomic mass is 10.1. The van der Waals surface area contributed by atoms with E-state index in [-0.39, 0.29) is 0 Å². The Balaban J connectivity index is 2.30. The molecule has 0 bridgehead atoms. The van der Waals surface area contributed by atoms with Crippen LogP contribution in [0.3, 0.4) is 0 Å². The van der Waals surface area contributed by atoms with Gasteiger partial charge in [-0.3, -0.25) is 0 Å². The Labute approximate surface area is 88.5 Å². The summed E-state index contributed by atoms with van der Waals surface area (Å²) in [7, 11) is 0. The van der Waals surface area contributed by atoms with E-state index in [9.17, 15) is 0 Å². The number of hydrogen-bond acceptors (Lipinski definition) is 0. The predicted molar refractivity (Wildman–Crippen MR) is 58.8 cm³/mol. The summed E-state index contributed by atoms with van der Waals surface area (Å²) < 4.78 is 1.13. The van der Waals surface area contributed by atoms with Crippen molar-refractivity contribution in [3.05, 3.63) is 40.7 Å². The van der Waals surface area contributed by atoms with Crippen molar-refractivity contribution in [2.75, 3.05) is 0 Å². The SMILES string of the molecule is [C]#CCCCCc1ccc(Br)cc1. The van der Waals surface area contributed by atoms with E-state index in [1.807, 2.05) is 0 Å². The van der Waals surface area contributed by atoms with E-state index < -0.39 is 0 Å². The standard InChI is InChI=1S/C12H12Br/c1-2-3-4-5-6-11-7-9-12(13)10-8-11/h7-10H,3-6H2. The molecule has 0 atom stereocenters. The molecule has 0 saturated carbocycles. The first kappa shape index (κ1) is 10.3. The summed E-state index contributed by atoms with van der Waals surface area (Å²) in [6.07, 6.45) is 10.9. The molecular formula is C12H12Br. The lowest BCUT2D eigenvalue weighted by Crippen LogP contribution is -1.84. The van der Waals surface area contributed by atoms with Gasteiger partial charge in [-0.25, -0.2) is 0 Å². The Kier molecular flexibility index (Phi) is 4.64. The Morgan fingerprint density at radius 3 is 2.46 bits per heavy atom. The molecule has 1 heteroatoms. The first-order chi connectivity index (χ1) is 6.33. The third-order valence-corrected chi connectivity index (χ3v) is 2.46. The van der Waals surface area contributed by atoms with Crippen LogP contribution in [0.1, 0.15) is 24.8 Å². The van der Waals surface area contributed by atoms with Gasteiger partial charge in [0.15, 0.2) is 0 Å². The highest BCUT2D eigenvalue weighted by molar-refractivity contribution is 9.10. The van der Waals surface area contributed by atoms with Crippen molar-refractivity contribution in [3.8, 4) is 5.92 Å². The lowest BCUT2D eigenvalue weighted by molar-refractivity contribution is 0.756. The highest BCUT2D eigenvalue weighted by Crippen LogP contribution is 2.12. The molecule has 0 aliphatic carbocycles. The van der Waals surface area contributed by atoms with Crippen LogP contribution >= 0.6 is 15.9 Å². The number of aryl methyl sites for hydroxylation is 1. The van der Waals surface area contributed by atoms with E-state index in [2.05, 4.69) is 46.1 Å². The molecule has 13 heavy (non-hydrogen) atoms. The summed E-state index contributed by atoms with van der Waals surface area (Å²) in [5, 5.41) is 0. The summed E-state index contributed by atoms with van der Waals surface area (Å²) >= 11 is 3.40. The van der Waals surface area contributed by atoms with Gasteiger partial charge in [-0.1, -0.05) is 34.0 Å². The summed E-state index contributed by atoms with van der Waals surface area (Å²) in [6.45, 7) is 0. The fourth-order valence-electron chi connectivity index (χ4n) is 1.19. The van der Waals surface area contributed by atoms with Crippen LogP contribution < -0.4 is 0 Å². The Morgan fingerprint density at radius 2 is 1.85 bits per heavy atom. The molecule has 0 aromatic heterocycles. The maximum Gasteiger partial charge on any atom is 0.0175 e. The average molecular weight is 236 g/mol. The minimum absolute atomic E-state index is 0.788. The molecule has 67 valence electrons. The zero-order valence-corrected chi connectivity index (χ0v) is 9.10. The van der Waals surface area contributed by atoms with Gasteiger partial charge >= 0.3 is 0 Å². The summed E-state index contributed by atoms with van der Waals surface area (Å²) in [6, 6.07) is 8.41. The maximum absolute atomic E-state index is 6.76. The monoisotopic (exact) mass is 235 g/mol. The molecule has 0 fully saturated rings. The molecule has 0 nitrogen and oxygen atoms in total. The van der Waals surface area contributed by atoms with Gasteiger partial charge in [-0.15, -0.1) is 0 Å². The van der Waals surface area contributed by atoms with Crippen LogP contribution in [0.5, 0.6) is 0 Å².